The maximum Gasteiger partial charge on any atom is 0.321 e. The molecule has 1 atom stereocenters. The van der Waals surface area contributed by atoms with Crippen molar-refractivity contribution in [2.75, 3.05) is 6.54 Å². The Bertz CT molecular complexity index is 924. The third-order valence-electron chi connectivity index (χ3n) is 3.77. The van der Waals surface area contributed by atoms with Gasteiger partial charge in [0, 0.05) is 12.2 Å². The Kier molecular flexibility index (Phi) is 5.58. The van der Waals surface area contributed by atoms with Crippen molar-refractivity contribution in [3.8, 4) is 5.69 Å². The van der Waals surface area contributed by atoms with Crippen molar-refractivity contribution >= 4 is 34.7 Å². The fourth-order valence-electron chi connectivity index (χ4n) is 2.54. The number of imide groups is 1. The number of hydrogen-bond acceptors (Lipinski definition) is 4. The van der Waals surface area contributed by atoms with Gasteiger partial charge in [-0.3, -0.25) is 14.7 Å². The molecule has 2 aromatic carbocycles. The van der Waals surface area contributed by atoms with Crippen LogP contribution in [0.1, 0.15) is 13.8 Å². The average molecular weight is 368 g/mol. The molecule has 7 heteroatoms. The standard InChI is InChI=1S/C19H20N4O2S/c1-3-20-18(25)22-17(24)13(2)26-19-21-15-11-7-8-12-16(15)23(19)14-9-5-4-6-10-14/h4-13H,3H2,1-2H3,(H2,20,22,24,25). The van der Waals surface area contributed by atoms with Gasteiger partial charge in [-0.25, -0.2) is 9.78 Å². The summed E-state index contributed by atoms with van der Waals surface area (Å²) in [6.45, 7) is 4.02. The van der Waals surface area contributed by atoms with Crippen molar-refractivity contribution in [1.82, 2.24) is 20.2 Å². The molecule has 3 amide bonds. The number of rotatable bonds is 5. The first-order valence-corrected chi connectivity index (χ1v) is 9.26. The summed E-state index contributed by atoms with van der Waals surface area (Å²) in [6.07, 6.45) is 0. The van der Waals surface area contributed by atoms with E-state index in [0.29, 0.717) is 11.7 Å². The SMILES string of the molecule is CCNC(=O)NC(=O)C(C)Sc1nc2ccccc2n1-c1ccccc1. The number of carbonyl (C=O) groups excluding carboxylic acids is 2. The largest absolute Gasteiger partial charge is 0.338 e. The Morgan fingerprint density at radius 1 is 1.12 bits per heavy atom. The molecule has 0 bridgehead atoms. The van der Waals surface area contributed by atoms with Gasteiger partial charge in [0.1, 0.15) is 0 Å². The molecule has 0 aliphatic carbocycles. The normalized spacial score (nSPS) is 11.9. The molecule has 0 fully saturated rings. The average Bonchev–Trinajstić information content (AvgIpc) is 3.00. The van der Waals surface area contributed by atoms with Crippen LogP contribution in [0.5, 0.6) is 0 Å². The monoisotopic (exact) mass is 368 g/mol. The first-order chi connectivity index (χ1) is 12.6. The highest BCUT2D eigenvalue weighted by atomic mass is 32.2. The molecule has 0 spiro atoms. The third-order valence-corrected chi connectivity index (χ3v) is 4.82. The Morgan fingerprint density at radius 2 is 1.81 bits per heavy atom. The molecular formula is C19H20N4O2S. The van der Waals surface area contributed by atoms with Crippen LogP contribution in [0.3, 0.4) is 0 Å². The number of carbonyl (C=O) groups is 2. The number of fused-ring (bicyclic) bond motifs is 1. The van der Waals surface area contributed by atoms with Crippen LogP contribution in [0.15, 0.2) is 59.8 Å². The summed E-state index contributed by atoms with van der Waals surface area (Å²) < 4.78 is 2.02. The number of nitrogens with one attached hydrogen (secondary N) is 2. The maximum absolute atomic E-state index is 12.3. The summed E-state index contributed by atoms with van der Waals surface area (Å²) in [5.41, 5.74) is 2.80. The number of nitrogens with zero attached hydrogens (tertiary/aromatic N) is 2. The van der Waals surface area contributed by atoms with Crippen molar-refractivity contribution < 1.29 is 9.59 Å². The number of thioether (sulfide) groups is 1. The number of aromatic nitrogens is 2. The molecule has 1 unspecified atom stereocenters. The fraction of sp³-hybridized carbons (Fsp3) is 0.211. The smallest absolute Gasteiger partial charge is 0.321 e. The van der Waals surface area contributed by atoms with E-state index in [-0.39, 0.29) is 5.91 Å². The molecule has 26 heavy (non-hydrogen) atoms. The molecule has 0 radical (unpaired) electrons. The summed E-state index contributed by atoms with van der Waals surface area (Å²) in [6, 6.07) is 17.2. The van der Waals surface area contributed by atoms with Gasteiger partial charge in [-0.2, -0.15) is 0 Å². The summed E-state index contributed by atoms with van der Waals surface area (Å²) in [5, 5.41) is 5.13. The minimum Gasteiger partial charge on any atom is -0.338 e. The zero-order valence-corrected chi connectivity index (χ0v) is 15.4. The van der Waals surface area contributed by atoms with E-state index in [2.05, 4.69) is 15.6 Å². The molecule has 0 aliphatic heterocycles. The van der Waals surface area contributed by atoms with Gasteiger partial charge in [0.05, 0.1) is 16.3 Å². The number of benzene rings is 2. The van der Waals surface area contributed by atoms with Crippen molar-refractivity contribution in [2.24, 2.45) is 0 Å². The van der Waals surface area contributed by atoms with Crippen LogP contribution in [0.25, 0.3) is 16.7 Å². The molecule has 2 N–H and O–H groups in total. The number of para-hydroxylation sites is 3. The Balaban J connectivity index is 1.90. The summed E-state index contributed by atoms with van der Waals surface area (Å²) >= 11 is 1.32. The second-order valence-corrected chi connectivity index (χ2v) is 6.97. The van der Waals surface area contributed by atoms with Crippen LogP contribution in [0, 0.1) is 0 Å². The van der Waals surface area contributed by atoms with Crippen LogP contribution in [-0.4, -0.2) is 33.3 Å². The number of urea groups is 1. The first kappa shape index (κ1) is 18.0. The van der Waals surface area contributed by atoms with Crippen LogP contribution in [0.2, 0.25) is 0 Å². The van der Waals surface area contributed by atoms with Crippen molar-refractivity contribution in [1.29, 1.82) is 0 Å². The topological polar surface area (TPSA) is 76.0 Å². The highest BCUT2D eigenvalue weighted by Crippen LogP contribution is 2.30. The predicted octanol–water partition coefficient (Wildman–Crippen LogP) is 3.35. The number of imidazole rings is 1. The van der Waals surface area contributed by atoms with Gasteiger partial charge < -0.3 is 5.32 Å². The highest BCUT2D eigenvalue weighted by molar-refractivity contribution is 8.00. The lowest BCUT2D eigenvalue weighted by molar-refractivity contribution is -0.119. The Hall–Kier alpha value is -2.80. The van der Waals surface area contributed by atoms with E-state index in [1.54, 1.807) is 13.8 Å². The quantitative estimate of drug-likeness (QED) is 0.677. The van der Waals surface area contributed by atoms with Gasteiger partial charge in [-0.15, -0.1) is 0 Å². The minimum absolute atomic E-state index is 0.354. The summed E-state index contributed by atoms with van der Waals surface area (Å²) in [4.78, 5) is 28.5. The highest BCUT2D eigenvalue weighted by Gasteiger charge is 2.21. The van der Waals surface area contributed by atoms with Crippen molar-refractivity contribution in [2.45, 2.75) is 24.3 Å². The van der Waals surface area contributed by atoms with E-state index in [4.69, 9.17) is 0 Å². The molecule has 134 valence electrons. The Morgan fingerprint density at radius 3 is 2.54 bits per heavy atom. The molecule has 0 aliphatic rings. The van der Waals surface area contributed by atoms with Crippen LogP contribution in [-0.2, 0) is 4.79 Å². The Labute approximate surface area is 156 Å². The lowest BCUT2D eigenvalue weighted by atomic mass is 10.3. The van der Waals surface area contributed by atoms with Crippen LogP contribution in [0.4, 0.5) is 4.79 Å². The van der Waals surface area contributed by atoms with E-state index in [1.165, 1.54) is 11.8 Å². The van der Waals surface area contributed by atoms with E-state index in [1.807, 2.05) is 59.2 Å². The lowest BCUT2D eigenvalue weighted by Gasteiger charge is -2.13. The van der Waals surface area contributed by atoms with Crippen LogP contribution < -0.4 is 10.6 Å². The zero-order valence-electron chi connectivity index (χ0n) is 14.6. The summed E-state index contributed by atoms with van der Waals surface area (Å²) in [5.74, 6) is -0.354. The number of hydrogen-bond donors (Lipinski definition) is 2. The molecule has 1 heterocycles. The molecule has 3 aromatic rings. The second kappa shape index (κ2) is 8.05. The minimum atomic E-state index is -0.485. The van der Waals surface area contributed by atoms with Gasteiger partial charge in [-0.05, 0) is 38.1 Å². The predicted molar refractivity (Wildman–Crippen MR) is 104 cm³/mol. The summed E-state index contributed by atoms with van der Waals surface area (Å²) in [7, 11) is 0. The second-order valence-electron chi connectivity index (χ2n) is 5.66. The van der Waals surface area contributed by atoms with Gasteiger partial charge >= 0.3 is 6.03 Å². The number of amides is 3. The van der Waals surface area contributed by atoms with Gasteiger partial charge in [0.15, 0.2) is 5.16 Å². The maximum atomic E-state index is 12.3. The third kappa shape index (κ3) is 3.88. The van der Waals surface area contributed by atoms with E-state index < -0.39 is 11.3 Å². The van der Waals surface area contributed by atoms with Crippen molar-refractivity contribution in [3.63, 3.8) is 0 Å². The van der Waals surface area contributed by atoms with Gasteiger partial charge in [0.25, 0.3) is 0 Å². The lowest BCUT2D eigenvalue weighted by Crippen LogP contribution is -2.42. The van der Waals surface area contributed by atoms with Gasteiger partial charge in [-0.1, -0.05) is 42.1 Å². The first-order valence-electron chi connectivity index (χ1n) is 8.38. The van der Waals surface area contributed by atoms with E-state index in [0.717, 1.165) is 16.7 Å². The van der Waals surface area contributed by atoms with E-state index in [9.17, 15) is 9.59 Å². The van der Waals surface area contributed by atoms with Crippen LogP contribution >= 0.6 is 11.8 Å². The molecule has 0 saturated heterocycles. The zero-order chi connectivity index (χ0) is 18.5. The molecule has 0 saturated carbocycles. The van der Waals surface area contributed by atoms with Crippen molar-refractivity contribution in [3.05, 3.63) is 54.6 Å². The molecule has 3 rings (SSSR count). The molecule has 1 aromatic heterocycles. The van der Waals surface area contributed by atoms with E-state index >= 15 is 0 Å². The van der Waals surface area contributed by atoms with Gasteiger partial charge in [0.2, 0.25) is 5.91 Å². The molecular weight excluding hydrogens is 348 g/mol. The fourth-order valence-corrected chi connectivity index (χ4v) is 3.48. The molecule has 6 nitrogen and oxygen atoms in total.